The van der Waals surface area contributed by atoms with E-state index in [0.717, 1.165) is 54.1 Å². The number of aryl methyl sites for hydroxylation is 2. The van der Waals surface area contributed by atoms with Gasteiger partial charge in [0.2, 0.25) is 0 Å². The number of rotatable bonds is 3. The molecular formula is C18H20N6O. The van der Waals surface area contributed by atoms with Crippen LogP contribution < -0.4 is 10.6 Å². The molecule has 0 saturated carbocycles. The molecule has 2 amide bonds. The van der Waals surface area contributed by atoms with Gasteiger partial charge in [0.25, 0.3) is 0 Å². The second-order valence-corrected chi connectivity index (χ2v) is 6.28. The predicted molar refractivity (Wildman–Crippen MR) is 95.3 cm³/mol. The number of para-hydroxylation sites is 1. The molecule has 0 bridgehead atoms. The van der Waals surface area contributed by atoms with Gasteiger partial charge in [0.1, 0.15) is 5.82 Å². The van der Waals surface area contributed by atoms with Crippen molar-refractivity contribution in [3.63, 3.8) is 0 Å². The first-order chi connectivity index (χ1) is 12.2. The fourth-order valence-electron chi connectivity index (χ4n) is 3.17. The molecule has 0 saturated heterocycles. The van der Waals surface area contributed by atoms with Gasteiger partial charge in [-0.05, 0) is 31.9 Å². The fourth-order valence-corrected chi connectivity index (χ4v) is 3.17. The number of hydrogen-bond donors (Lipinski definition) is 2. The van der Waals surface area contributed by atoms with Gasteiger partial charge in [0.05, 0.1) is 17.7 Å². The lowest BCUT2D eigenvalue weighted by atomic mass is 10.1. The lowest BCUT2D eigenvalue weighted by molar-refractivity contribution is 0.251. The lowest BCUT2D eigenvalue weighted by Crippen LogP contribution is -2.30. The van der Waals surface area contributed by atoms with Gasteiger partial charge in [-0.25, -0.2) is 4.79 Å². The zero-order chi connectivity index (χ0) is 17.2. The average molecular weight is 336 g/mol. The molecule has 0 aliphatic carbocycles. The maximum absolute atomic E-state index is 12.3. The van der Waals surface area contributed by atoms with Crippen LogP contribution in [-0.2, 0) is 19.5 Å². The Hall–Kier alpha value is -2.96. The van der Waals surface area contributed by atoms with Crippen LogP contribution in [0.1, 0.15) is 30.2 Å². The molecule has 1 aliphatic heterocycles. The monoisotopic (exact) mass is 336 g/mol. The number of aromatic nitrogens is 4. The summed E-state index contributed by atoms with van der Waals surface area (Å²) in [5, 5.41) is 15.1. The summed E-state index contributed by atoms with van der Waals surface area (Å²) in [6.07, 6.45) is 3.24. The van der Waals surface area contributed by atoms with E-state index >= 15 is 0 Å². The van der Waals surface area contributed by atoms with E-state index in [4.69, 9.17) is 0 Å². The molecule has 25 heavy (non-hydrogen) atoms. The molecule has 1 aliphatic rings. The molecule has 4 rings (SSSR count). The number of carbonyl (C=O) groups is 1. The first-order valence-electron chi connectivity index (χ1n) is 8.53. The molecule has 0 unspecified atom stereocenters. The normalized spacial score (nSPS) is 13.5. The summed E-state index contributed by atoms with van der Waals surface area (Å²) < 4.78 is 2.10. The minimum Gasteiger partial charge on any atom is -0.331 e. The summed E-state index contributed by atoms with van der Waals surface area (Å²) in [6, 6.07) is 9.43. The van der Waals surface area contributed by atoms with Crippen molar-refractivity contribution in [3.8, 4) is 0 Å². The van der Waals surface area contributed by atoms with Gasteiger partial charge in [0, 0.05) is 24.0 Å². The summed E-state index contributed by atoms with van der Waals surface area (Å²) in [4.78, 5) is 16.8. The van der Waals surface area contributed by atoms with Gasteiger partial charge in [0.15, 0.2) is 5.82 Å². The highest BCUT2D eigenvalue weighted by Crippen LogP contribution is 2.21. The average Bonchev–Trinajstić information content (AvgIpc) is 3.04. The summed E-state index contributed by atoms with van der Waals surface area (Å²) in [5.74, 6) is 1.81. The Labute approximate surface area is 145 Å². The van der Waals surface area contributed by atoms with E-state index in [-0.39, 0.29) is 6.03 Å². The summed E-state index contributed by atoms with van der Waals surface area (Å²) in [5.41, 5.74) is 2.40. The van der Waals surface area contributed by atoms with E-state index in [9.17, 15) is 4.79 Å². The van der Waals surface area contributed by atoms with Crippen LogP contribution in [0.3, 0.4) is 0 Å². The second-order valence-electron chi connectivity index (χ2n) is 6.28. The second kappa shape index (κ2) is 6.51. The Morgan fingerprint density at radius 3 is 3.04 bits per heavy atom. The number of benzene rings is 1. The van der Waals surface area contributed by atoms with E-state index in [1.165, 1.54) is 0 Å². The Bertz CT molecular complexity index is 932. The summed E-state index contributed by atoms with van der Waals surface area (Å²) in [7, 11) is 0. The van der Waals surface area contributed by atoms with Crippen molar-refractivity contribution < 1.29 is 4.79 Å². The molecule has 7 nitrogen and oxygen atoms in total. The highest BCUT2D eigenvalue weighted by molar-refractivity contribution is 5.99. The number of hydrogen-bond acceptors (Lipinski definition) is 4. The largest absolute Gasteiger partial charge is 0.331 e. The summed E-state index contributed by atoms with van der Waals surface area (Å²) in [6.45, 7) is 3.22. The topological polar surface area (TPSA) is 84.7 Å². The fraction of sp³-hybridized carbons (Fsp3) is 0.333. The smallest absolute Gasteiger partial charge is 0.319 e. The van der Waals surface area contributed by atoms with E-state index in [2.05, 4.69) is 30.4 Å². The van der Waals surface area contributed by atoms with Crippen molar-refractivity contribution in [2.24, 2.45) is 0 Å². The van der Waals surface area contributed by atoms with Crippen LogP contribution in [0.25, 0.3) is 10.9 Å². The van der Waals surface area contributed by atoms with Crippen LogP contribution in [0.15, 0.2) is 30.3 Å². The quantitative estimate of drug-likeness (QED) is 0.770. The SMILES string of the molecule is Cc1ccc2cccc(NC(=O)NCc3nnc4n3CCCC4)c2n1. The molecule has 0 spiro atoms. The number of nitrogens with zero attached hydrogens (tertiary/aromatic N) is 4. The van der Waals surface area contributed by atoms with Gasteiger partial charge in [-0.3, -0.25) is 4.98 Å². The molecule has 2 aromatic heterocycles. The van der Waals surface area contributed by atoms with Gasteiger partial charge < -0.3 is 15.2 Å². The Morgan fingerprint density at radius 1 is 1.20 bits per heavy atom. The van der Waals surface area contributed by atoms with Crippen molar-refractivity contribution in [3.05, 3.63) is 47.7 Å². The molecule has 1 aromatic carbocycles. The molecule has 3 aromatic rings. The number of fused-ring (bicyclic) bond motifs is 2. The van der Waals surface area contributed by atoms with Crippen molar-refractivity contribution >= 4 is 22.6 Å². The maximum atomic E-state index is 12.3. The molecule has 0 radical (unpaired) electrons. The zero-order valence-corrected chi connectivity index (χ0v) is 14.1. The third-order valence-corrected chi connectivity index (χ3v) is 4.45. The van der Waals surface area contributed by atoms with Crippen molar-refractivity contribution in [1.82, 2.24) is 25.1 Å². The molecule has 128 valence electrons. The van der Waals surface area contributed by atoms with E-state index in [1.807, 2.05) is 37.3 Å². The van der Waals surface area contributed by atoms with E-state index in [1.54, 1.807) is 0 Å². The minimum atomic E-state index is -0.274. The standard InChI is InChI=1S/C18H20N6O/c1-12-8-9-13-5-4-6-14(17(13)20-12)21-18(25)19-11-16-23-22-15-7-2-3-10-24(15)16/h4-6,8-9H,2-3,7,10-11H2,1H3,(H2,19,21,25). The summed E-state index contributed by atoms with van der Waals surface area (Å²) >= 11 is 0. The first kappa shape index (κ1) is 15.6. The van der Waals surface area contributed by atoms with Crippen molar-refractivity contribution in [2.75, 3.05) is 5.32 Å². The van der Waals surface area contributed by atoms with Crippen molar-refractivity contribution in [2.45, 2.75) is 39.3 Å². The molecule has 0 fully saturated rings. The lowest BCUT2D eigenvalue weighted by Gasteiger charge is -2.15. The minimum absolute atomic E-state index is 0.274. The Morgan fingerprint density at radius 2 is 2.12 bits per heavy atom. The van der Waals surface area contributed by atoms with Crippen LogP contribution >= 0.6 is 0 Å². The van der Waals surface area contributed by atoms with Crippen LogP contribution in [-0.4, -0.2) is 25.8 Å². The number of carbonyl (C=O) groups excluding carboxylic acids is 1. The van der Waals surface area contributed by atoms with Gasteiger partial charge >= 0.3 is 6.03 Å². The number of nitrogens with one attached hydrogen (secondary N) is 2. The van der Waals surface area contributed by atoms with Gasteiger partial charge in [-0.2, -0.15) is 0 Å². The number of anilines is 1. The number of pyridine rings is 1. The zero-order valence-electron chi connectivity index (χ0n) is 14.1. The van der Waals surface area contributed by atoms with E-state index in [0.29, 0.717) is 12.2 Å². The third kappa shape index (κ3) is 3.17. The van der Waals surface area contributed by atoms with Crippen molar-refractivity contribution in [1.29, 1.82) is 0 Å². The Kier molecular flexibility index (Phi) is 4.05. The number of amides is 2. The van der Waals surface area contributed by atoms with Crippen LogP contribution in [0, 0.1) is 6.92 Å². The highest BCUT2D eigenvalue weighted by atomic mass is 16.2. The predicted octanol–water partition coefficient (Wildman–Crippen LogP) is 2.79. The van der Waals surface area contributed by atoms with Gasteiger partial charge in [-0.15, -0.1) is 10.2 Å². The molecule has 3 heterocycles. The molecule has 7 heteroatoms. The van der Waals surface area contributed by atoms with Gasteiger partial charge in [-0.1, -0.05) is 18.2 Å². The van der Waals surface area contributed by atoms with Crippen LogP contribution in [0.5, 0.6) is 0 Å². The molecule has 0 atom stereocenters. The van der Waals surface area contributed by atoms with E-state index < -0.39 is 0 Å². The van der Waals surface area contributed by atoms with Crippen LogP contribution in [0.2, 0.25) is 0 Å². The molecular weight excluding hydrogens is 316 g/mol. The molecule has 2 N–H and O–H groups in total. The highest BCUT2D eigenvalue weighted by Gasteiger charge is 2.16. The maximum Gasteiger partial charge on any atom is 0.319 e. The first-order valence-corrected chi connectivity index (χ1v) is 8.53. The number of urea groups is 1. The van der Waals surface area contributed by atoms with Crippen LogP contribution in [0.4, 0.5) is 10.5 Å². The Balaban J connectivity index is 1.46. The third-order valence-electron chi connectivity index (χ3n) is 4.45.